The summed E-state index contributed by atoms with van der Waals surface area (Å²) >= 11 is 0. The van der Waals surface area contributed by atoms with Crippen molar-refractivity contribution in [3.8, 4) is 5.88 Å². The number of nitrogens with one attached hydrogen (secondary N) is 2. The van der Waals surface area contributed by atoms with Gasteiger partial charge in [0.25, 0.3) is 5.56 Å². The monoisotopic (exact) mass is 207 g/mol. The van der Waals surface area contributed by atoms with Crippen LogP contribution in [0, 0.1) is 0 Å². The Morgan fingerprint density at radius 3 is 2.80 bits per heavy atom. The van der Waals surface area contributed by atoms with Gasteiger partial charge >= 0.3 is 0 Å². The minimum Gasteiger partial charge on any atom is -0.471 e. The van der Waals surface area contributed by atoms with E-state index in [1.54, 1.807) is 0 Å². The summed E-state index contributed by atoms with van der Waals surface area (Å²) in [6.45, 7) is 1.68. The summed E-state index contributed by atoms with van der Waals surface area (Å²) < 4.78 is 5.56. The zero-order chi connectivity index (χ0) is 10.3. The van der Waals surface area contributed by atoms with Crippen LogP contribution in [0.5, 0.6) is 5.88 Å². The molecule has 0 bridgehead atoms. The molecular weight excluding hydrogens is 194 g/mol. The molecule has 15 heavy (non-hydrogen) atoms. The second-order valence-electron chi connectivity index (χ2n) is 4.14. The number of rotatable bonds is 3. The van der Waals surface area contributed by atoms with Crippen LogP contribution in [-0.2, 0) is 0 Å². The molecule has 1 saturated carbocycles. The Morgan fingerprint density at radius 1 is 1.40 bits per heavy atom. The third-order valence-electron chi connectivity index (χ3n) is 2.73. The molecule has 1 aliphatic carbocycles. The van der Waals surface area contributed by atoms with Crippen LogP contribution in [0.4, 0.5) is 0 Å². The average Bonchev–Trinajstić information content (AvgIpc) is 2.93. The van der Waals surface area contributed by atoms with E-state index in [1.165, 1.54) is 6.07 Å². The Bertz CT molecular complexity index is 421. The van der Waals surface area contributed by atoms with Crippen molar-refractivity contribution in [1.82, 2.24) is 15.3 Å². The summed E-state index contributed by atoms with van der Waals surface area (Å²) in [4.78, 5) is 18.4. The molecule has 80 valence electrons. The van der Waals surface area contributed by atoms with Gasteiger partial charge in [-0.05, 0) is 12.8 Å². The van der Waals surface area contributed by atoms with Gasteiger partial charge in [0.2, 0.25) is 5.88 Å². The molecule has 0 aromatic carbocycles. The summed E-state index contributed by atoms with van der Waals surface area (Å²) in [6.07, 6.45) is 2.42. The molecular formula is C10H13N3O2. The Hall–Kier alpha value is -1.36. The lowest BCUT2D eigenvalue weighted by Crippen LogP contribution is -2.50. The van der Waals surface area contributed by atoms with Crippen LogP contribution in [0.1, 0.15) is 24.6 Å². The van der Waals surface area contributed by atoms with E-state index in [-0.39, 0.29) is 11.7 Å². The quantitative estimate of drug-likeness (QED) is 0.732. The molecule has 0 amide bonds. The first-order chi connectivity index (χ1) is 7.31. The number of nitrogens with zero attached hydrogens (tertiary/aromatic N) is 1. The summed E-state index contributed by atoms with van der Waals surface area (Å²) in [5, 5.41) is 3.11. The third-order valence-corrected chi connectivity index (χ3v) is 2.73. The van der Waals surface area contributed by atoms with E-state index in [0.29, 0.717) is 11.8 Å². The highest BCUT2D eigenvalue weighted by atomic mass is 16.5. The Balaban J connectivity index is 1.82. The first-order valence-corrected chi connectivity index (χ1v) is 5.30. The van der Waals surface area contributed by atoms with E-state index >= 15 is 0 Å². The average molecular weight is 207 g/mol. The molecule has 1 aromatic heterocycles. The lowest BCUT2D eigenvalue weighted by molar-refractivity contribution is 0.135. The zero-order valence-electron chi connectivity index (χ0n) is 8.32. The Kier molecular flexibility index (Phi) is 1.98. The van der Waals surface area contributed by atoms with Gasteiger partial charge in [-0.2, -0.15) is 4.98 Å². The smallest absolute Gasteiger partial charge is 0.254 e. The molecule has 5 nitrogen and oxygen atoms in total. The van der Waals surface area contributed by atoms with E-state index < -0.39 is 0 Å². The lowest BCUT2D eigenvalue weighted by Gasteiger charge is -2.27. The molecule has 2 N–H and O–H groups in total. The van der Waals surface area contributed by atoms with Crippen molar-refractivity contribution < 1.29 is 4.74 Å². The van der Waals surface area contributed by atoms with Crippen LogP contribution >= 0.6 is 0 Å². The van der Waals surface area contributed by atoms with Gasteiger partial charge in [0.1, 0.15) is 11.9 Å². The number of ether oxygens (including phenoxy) is 1. The molecule has 2 heterocycles. The van der Waals surface area contributed by atoms with E-state index in [9.17, 15) is 4.79 Å². The SMILES string of the molecule is O=c1cc(OC2CNC2)nc(C2CC2)[nH]1. The van der Waals surface area contributed by atoms with Gasteiger partial charge in [-0.1, -0.05) is 0 Å². The van der Waals surface area contributed by atoms with E-state index in [2.05, 4.69) is 15.3 Å². The number of H-pyrrole nitrogens is 1. The Labute approximate surface area is 86.9 Å². The van der Waals surface area contributed by atoms with Crippen LogP contribution in [0.25, 0.3) is 0 Å². The van der Waals surface area contributed by atoms with Crippen LogP contribution in [-0.4, -0.2) is 29.2 Å². The predicted octanol–water partition coefficient (Wildman–Crippen LogP) is -0.00210. The van der Waals surface area contributed by atoms with Gasteiger partial charge < -0.3 is 15.0 Å². The van der Waals surface area contributed by atoms with Gasteiger partial charge in [0, 0.05) is 19.0 Å². The van der Waals surface area contributed by atoms with Crippen molar-refractivity contribution in [1.29, 1.82) is 0 Å². The fraction of sp³-hybridized carbons (Fsp3) is 0.600. The lowest BCUT2D eigenvalue weighted by atomic mass is 10.2. The maximum atomic E-state index is 11.3. The van der Waals surface area contributed by atoms with Gasteiger partial charge in [-0.3, -0.25) is 4.79 Å². The zero-order valence-corrected chi connectivity index (χ0v) is 8.32. The fourth-order valence-corrected chi connectivity index (χ4v) is 1.58. The summed E-state index contributed by atoms with van der Waals surface area (Å²) in [5.74, 6) is 1.69. The minimum atomic E-state index is -0.116. The first kappa shape index (κ1) is 8.91. The molecule has 0 unspecified atom stereocenters. The number of hydrogen-bond donors (Lipinski definition) is 2. The third kappa shape index (κ3) is 1.87. The van der Waals surface area contributed by atoms with Gasteiger partial charge in [-0.25, -0.2) is 0 Å². The molecule has 0 spiro atoms. The van der Waals surface area contributed by atoms with Gasteiger partial charge in [-0.15, -0.1) is 0 Å². The molecule has 1 aliphatic heterocycles. The van der Waals surface area contributed by atoms with Crippen LogP contribution in [0.3, 0.4) is 0 Å². The highest BCUT2D eigenvalue weighted by molar-refractivity contribution is 5.14. The van der Waals surface area contributed by atoms with E-state index in [4.69, 9.17) is 4.74 Å². The van der Waals surface area contributed by atoms with Gasteiger partial charge in [0.05, 0.1) is 6.07 Å². The van der Waals surface area contributed by atoms with Crippen molar-refractivity contribution in [3.63, 3.8) is 0 Å². The summed E-state index contributed by atoms with van der Waals surface area (Å²) in [7, 11) is 0. The second kappa shape index (κ2) is 3.34. The van der Waals surface area contributed by atoms with Crippen molar-refractivity contribution in [3.05, 3.63) is 22.2 Å². The first-order valence-electron chi connectivity index (χ1n) is 5.30. The molecule has 1 saturated heterocycles. The van der Waals surface area contributed by atoms with E-state index in [0.717, 1.165) is 31.8 Å². The maximum absolute atomic E-state index is 11.3. The van der Waals surface area contributed by atoms with Crippen LogP contribution < -0.4 is 15.6 Å². The predicted molar refractivity (Wildman–Crippen MR) is 54.1 cm³/mol. The molecule has 5 heteroatoms. The topological polar surface area (TPSA) is 67.0 Å². The molecule has 1 aromatic rings. The van der Waals surface area contributed by atoms with Crippen LogP contribution in [0.15, 0.2) is 10.9 Å². The number of hydrogen-bond acceptors (Lipinski definition) is 4. The maximum Gasteiger partial charge on any atom is 0.254 e. The van der Waals surface area contributed by atoms with Gasteiger partial charge in [0.15, 0.2) is 0 Å². The second-order valence-corrected chi connectivity index (χ2v) is 4.14. The molecule has 0 radical (unpaired) electrons. The van der Waals surface area contributed by atoms with Crippen molar-refractivity contribution in [2.45, 2.75) is 24.9 Å². The molecule has 3 rings (SSSR count). The highest BCUT2D eigenvalue weighted by Gasteiger charge is 2.27. The molecule has 2 fully saturated rings. The minimum absolute atomic E-state index is 0.116. The Morgan fingerprint density at radius 2 is 2.20 bits per heavy atom. The van der Waals surface area contributed by atoms with Crippen LogP contribution in [0.2, 0.25) is 0 Å². The largest absolute Gasteiger partial charge is 0.471 e. The number of aromatic nitrogens is 2. The van der Waals surface area contributed by atoms with Crippen molar-refractivity contribution >= 4 is 0 Å². The normalized spacial score (nSPS) is 21.1. The highest BCUT2D eigenvalue weighted by Crippen LogP contribution is 2.37. The number of aromatic amines is 1. The molecule has 2 aliphatic rings. The summed E-state index contributed by atoms with van der Waals surface area (Å²) in [5.41, 5.74) is -0.116. The summed E-state index contributed by atoms with van der Waals surface area (Å²) in [6, 6.07) is 1.42. The van der Waals surface area contributed by atoms with Crippen molar-refractivity contribution in [2.24, 2.45) is 0 Å². The van der Waals surface area contributed by atoms with Crippen molar-refractivity contribution in [2.75, 3.05) is 13.1 Å². The van der Waals surface area contributed by atoms with E-state index in [1.807, 2.05) is 0 Å². The molecule has 0 atom stereocenters. The standard InChI is InChI=1S/C10H13N3O2/c14-8-3-9(15-7-4-11-5-7)13-10(12-8)6-1-2-6/h3,6-7,11H,1-2,4-5H2,(H,12,13,14). The fourth-order valence-electron chi connectivity index (χ4n) is 1.58.